The zero-order chi connectivity index (χ0) is 12.4. The van der Waals surface area contributed by atoms with Crippen molar-refractivity contribution in [3.05, 3.63) is 0 Å². The van der Waals surface area contributed by atoms with Crippen molar-refractivity contribution in [2.75, 3.05) is 39.3 Å². The van der Waals surface area contributed by atoms with Gasteiger partial charge in [-0.05, 0) is 51.6 Å². The van der Waals surface area contributed by atoms with Crippen molar-refractivity contribution in [3.63, 3.8) is 0 Å². The van der Waals surface area contributed by atoms with E-state index in [-0.39, 0.29) is 0 Å². The normalized spacial score (nSPS) is 30.1. The lowest BCUT2D eigenvalue weighted by Gasteiger charge is -2.31. The fourth-order valence-corrected chi connectivity index (χ4v) is 3.61. The summed E-state index contributed by atoms with van der Waals surface area (Å²) in [6.07, 6.45) is 7.54. The topological polar surface area (TPSA) is 26.8 Å². The number of hydrogen-bond donors (Lipinski definition) is 0. The fourth-order valence-electron chi connectivity index (χ4n) is 3.61. The second kappa shape index (κ2) is 5.47. The number of amides is 2. The summed E-state index contributed by atoms with van der Waals surface area (Å²) in [6.45, 7) is 6.38. The monoisotopic (exact) mass is 251 g/mol. The largest absolute Gasteiger partial charge is 0.325 e. The van der Waals surface area contributed by atoms with Gasteiger partial charge in [0.2, 0.25) is 0 Å². The minimum atomic E-state index is 0.302. The molecule has 3 aliphatic rings. The lowest BCUT2D eigenvalue weighted by molar-refractivity contribution is 0.148. The number of likely N-dealkylation sites (tertiary alicyclic amines) is 3. The molecule has 1 atom stereocenters. The molecule has 0 spiro atoms. The first-order valence-electron chi connectivity index (χ1n) is 7.62. The molecule has 0 radical (unpaired) electrons. The van der Waals surface area contributed by atoms with Crippen LogP contribution in [-0.4, -0.2) is 66.0 Å². The highest BCUT2D eigenvalue weighted by Gasteiger charge is 2.33. The van der Waals surface area contributed by atoms with Gasteiger partial charge in [-0.2, -0.15) is 0 Å². The van der Waals surface area contributed by atoms with E-state index in [1.807, 2.05) is 0 Å². The third-order valence-corrected chi connectivity index (χ3v) is 4.72. The Morgan fingerprint density at radius 3 is 2.17 bits per heavy atom. The molecule has 0 bridgehead atoms. The number of nitrogens with zero attached hydrogens (tertiary/aromatic N) is 3. The van der Waals surface area contributed by atoms with Gasteiger partial charge in [-0.3, -0.25) is 4.90 Å². The Hall–Kier alpha value is -0.770. The van der Waals surface area contributed by atoms with Crippen LogP contribution >= 0.6 is 0 Å². The van der Waals surface area contributed by atoms with Gasteiger partial charge in [0.1, 0.15) is 0 Å². The Morgan fingerprint density at radius 2 is 1.44 bits per heavy atom. The van der Waals surface area contributed by atoms with E-state index in [4.69, 9.17) is 0 Å². The lowest BCUT2D eigenvalue weighted by atomic mass is 10.1. The summed E-state index contributed by atoms with van der Waals surface area (Å²) in [7, 11) is 0. The Labute approximate surface area is 110 Å². The van der Waals surface area contributed by atoms with Gasteiger partial charge in [-0.15, -0.1) is 0 Å². The molecule has 1 unspecified atom stereocenters. The number of carbonyl (C=O) groups excluding carboxylic acids is 1. The summed E-state index contributed by atoms with van der Waals surface area (Å²) in [4.78, 5) is 19.1. The van der Waals surface area contributed by atoms with Crippen LogP contribution < -0.4 is 0 Å². The summed E-state index contributed by atoms with van der Waals surface area (Å²) in [5.74, 6) is 0. The summed E-state index contributed by atoms with van der Waals surface area (Å²) < 4.78 is 0. The molecule has 2 amide bonds. The number of piperidine rings is 1. The molecule has 3 fully saturated rings. The molecule has 102 valence electrons. The third-order valence-electron chi connectivity index (χ3n) is 4.72. The Morgan fingerprint density at radius 1 is 0.778 bits per heavy atom. The zero-order valence-corrected chi connectivity index (χ0v) is 11.3. The Bertz CT molecular complexity index is 295. The summed E-state index contributed by atoms with van der Waals surface area (Å²) in [5.41, 5.74) is 0. The minimum absolute atomic E-state index is 0.302. The van der Waals surface area contributed by atoms with Gasteiger partial charge in [0.25, 0.3) is 0 Å². The Balaban J connectivity index is 1.52. The van der Waals surface area contributed by atoms with Crippen LogP contribution in [-0.2, 0) is 0 Å². The molecular formula is C14H25N3O. The van der Waals surface area contributed by atoms with Crippen molar-refractivity contribution in [2.24, 2.45) is 0 Å². The molecule has 3 heterocycles. The van der Waals surface area contributed by atoms with Gasteiger partial charge in [0.05, 0.1) is 0 Å². The van der Waals surface area contributed by atoms with Crippen molar-refractivity contribution >= 4 is 6.03 Å². The van der Waals surface area contributed by atoms with E-state index in [0.29, 0.717) is 12.1 Å². The maximum atomic E-state index is 12.4. The van der Waals surface area contributed by atoms with E-state index >= 15 is 0 Å². The maximum absolute atomic E-state index is 12.4. The van der Waals surface area contributed by atoms with Crippen LogP contribution in [0.5, 0.6) is 0 Å². The van der Waals surface area contributed by atoms with Gasteiger partial charge in [-0.25, -0.2) is 4.79 Å². The van der Waals surface area contributed by atoms with Gasteiger partial charge in [0.15, 0.2) is 0 Å². The van der Waals surface area contributed by atoms with E-state index in [1.165, 1.54) is 51.6 Å². The summed E-state index contributed by atoms with van der Waals surface area (Å²) >= 11 is 0. The molecule has 4 nitrogen and oxygen atoms in total. The molecule has 0 saturated carbocycles. The van der Waals surface area contributed by atoms with E-state index in [9.17, 15) is 4.79 Å². The molecule has 0 N–H and O–H groups in total. The van der Waals surface area contributed by atoms with E-state index in [0.717, 1.165) is 26.2 Å². The molecule has 3 rings (SSSR count). The molecule has 0 aromatic rings. The average Bonchev–Trinajstić information content (AvgIpc) is 3.09. The van der Waals surface area contributed by atoms with Crippen LogP contribution in [0.4, 0.5) is 4.79 Å². The number of rotatable bonds is 1. The van der Waals surface area contributed by atoms with Crippen LogP contribution in [0, 0.1) is 0 Å². The van der Waals surface area contributed by atoms with E-state index in [1.54, 1.807) is 0 Å². The molecule has 3 saturated heterocycles. The van der Waals surface area contributed by atoms with Crippen LogP contribution in [0.2, 0.25) is 0 Å². The number of carbonyl (C=O) groups is 1. The minimum Gasteiger partial charge on any atom is -0.325 e. The summed E-state index contributed by atoms with van der Waals surface area (Å²) in [5, 5.41) is 0. The van der Waals surface area contributed by atoms with Crippen LogP contribution in [0.15, 0.2) is 0 Å². The smallest absolute Gasteiger partial charge is 0.320 e. The van der Waals surface area contributed by atoms with Crippen LogP contribution in [0.3, 0.4) is 0 Å². The molecule has 4 heteroatoms. The first-order valence-corrected chi connectivity index (χ1v) is 7.62. The van der Waals surface area contributed by atoms with Gasteiger partial charge < -0.3 is 9.80 Å². The SMILES string of the molecule is O=C(N1CCCCC1)N1CCC(N2CCCC2)C1. The van der Waals surface area contributed by atoms with Crippen LogP contribution in [0.25, 0.3) is 0 Å². The predicted octanol–water partition coefficient (Wildman–Crippen LogP) is 1.76. The van der Waals surface area contributed by atoms with Gasteiger partial charge >= 0.3 is 6.03 Å². The molecule has 0 aliphatic carbocycles. The third kappa shape index (κ3) is 2.48. The first kappa shape index (κ1) is 12.3. The highest BCUT2D eigenvalue weighted by molar-refractivity contribution is 5.74. The average molecular weight is 251 g/mol. The second-order valence-corrected chi connectivity index (χ2v) is 5.96. The van der Waals surface area contributed by atoms with Crippen molar-refractivity contribution in [1.82, 2.24) is 14.7 Å². The maximum Gasteiger partial charge on any atom is 0.320 e. The van der Waals surface area contributed by atoms with Gasteiger partial charge in [-0.1, -0.05) is 0 Å². The fraction of sp³-hybridized carbons (Fsp3) is 0.929. The summed E-state index contributed by atoms with van der Waals surface area (Å²) in [6, 6.07) is 0.942. The lowest BCUT2D eigenvalue weighted by Crippen LogP contribution is -2.45. The number of hydrogen-bond acceptors (Lipinski definition) is 2. The van der Waals surface area contributed by atoms with Crippen molar-refractivity contribution < 1.29 is 4.79 Å². The second-order valence-electron chi connectivity index (χ2n) is 5.96. The van der Waals surface area contributed by atoms with Crippen molar-refractivity contribution in [1.29, 1.82) is 0 Å². The molecular weight excluding hydrogens is 226 g/mol. The standard InChI is InChI=1S/C14H25N3O/c18-14(16-9-2-1-3-10-16)17-11-6-13(12-17)15-7-4-5-8-15/h13H,1-12H2. The van der Waals surface area contributed by atoms with Crippen LogP contribution in [0.1, 0.15) is 38.5 Å². The van der Waals surface area contributed by atoms with Crippen molar-refractivity contribution in [3.8, 4) is 0 Å². The molecule has 0 aromatic heterocycles. The zero-order valence-electron chi connectivity index (χ0n) is 11.3. The molecule has 18 heavy (non-hydrogen) atoms. The quantitative estimate of drug-likeness (QED) is 0.710. The molecule has 0 aromatic carbocycles. The molecule has 3 aliphatic heterocycles. The predicted molar refractivity (Wildman–Crippen MR) is 71.6 cm³/mol. The van der Waals surface area contributed by atoms with Gasteiger partial charge in [0, 0.05) is 32.2 Å². The van der Waals surface area contributed by atoms with E-state index in [2.05, 4.69) is 14.7 Å². The van der Waals surface area contributed by atoms with Crippen molar-refractivity contribution in [2.45, 2.75) is 44.6 Å². The highest BCUT2D eigenvalue weighted by Crippen LogP contribution is 2.22. The van der Waals surface area contributed by atoms with E-state index < -0.39 is 0 Å². The highest BCUT2D eigenvalue weighted by atomic mass is 16.2. The number of urea groups is 1. The Kier molecular flexibility index (Phi) is 3.73. The first-order chi connectivity index (χ1) is 8.84.